The van der Waals surface area contributed by atoms with Crippen molar-refractivity contribution >= 4 is 21.6 Å². The van der Waals surface area contributed by atoms with Gasteiger partial charge in [-0.15, -0.1) is 11.3 Å². The summed E-state index contributed by atoms with van der Waals surface area (Å²) in [6, 6.07) is 1.75. The molecule has 2 aromatic heterocycles. The first-order valence-electron chi connectivity index (χ1n) is 4.94. The third-order valence-corrected chi connectivity index (χ3v) is 3.26. The van der Waals surface area contributed by atoms with Crippen LogP contribution in [0.2, 0.25) is 0 Å². The molecule has 2 rings (SSSR count). The standard InChI is InChI=1S/C10H13N3O2S/c1-12(2)4-5-13-9(14)8-7(3-6-16-8)11-10(13)15/h3,6H,4-5H2,1-2H3,(H,11,15). The van der Waals surface area contributed by atoms with Crippen LogP contribution >= 0.6 is 11.3 Å². The van der Waals surface area contributed by atoms with Gasteiger partial charge in [-0.25, -0.2) is 4.79 Å². The summed E-state index contributed by atoms with van der Waals surface area (Å²) in [6.45, 7) is 1.08. The van der Waals surface area contributed by atoms with Crippen LogP contribution in [-0.2, 0) is 6.54 Å². The molecule has 0 spiro atoms. The minimum absolute atomic E-state index is 0.199. The zero-order valence-electron chi connectivity index (χ0n) is 9.19. The Morgan fingerprint density at radius 2 is 2.19 bits per heavy atom. The number of hydrogen-bond donors (Lipinski definition) is 1. The molecule has 5 nitrogen and oxygen atoms in total. The van der Waals surface area contributed by atoms with Crippen molar-refractivity contribution in [1.29, 1.82) is 0 Å². The fourth-order valence-electron chi connectivity index (χ4n) is 1.47. The molecule has 0 bridgehead atoms. The maximum absolute atomic E-state index is 12.0. The predicted octanol–water partition coefficient (Wildman–Crippen LogP) is 0.313. The van der Waals surface area contributed by atoms with Crippen molar-refractivity contribution in [3.05, 3.63) is 32.3 Å². The number of rotatable bonds is 3. The van der Waals surface area contributed by atoms with E-state index in [1.807, 2.05) is 19.0 Å². The van der Waals surface area contributed by atoms with Crippen LogP contribution in [0.15, 0.2) is 21.0 Å². The molecule has 16 heavy (non-hydrogen) atoms. The fourth-order valence-corrected chi connectivity index (χ4v) is 2.27. The number of H-pyrrole nitrogens is 1. The minimum atomic E-state index is -0.335. The van der Waals surface area contributed by atoms with E-state index in [9.17, 15) is 9.59 Å². The molecule has 0 aliphatic rings. The Bertz CT molecular complexity index is 608. The lowest BCUT2D eigenvalue weighted by Crippen LogP contribution is -2.37. The second kappa shape index (κ2) is 4.23. The molecule has 6 heteroatoms. The molecule has 0 aliphatic heterocycles. The Morgan fingerprint density at radius 1 is 1.44 bits per heavy atom. The summed E-state index contributed by atoms with van der Waals surface area (Å²) in [5.41, 5.74) is 0.0921. The van der Waals surface area contributed by atoms with Crippen LogP contribution in [-0.4, -0.2) is 35.1 Å². The number of thiophene rings is 1. The molecule has 86 valence electrons. The minimum Gasteiger partial charge on any atom is -0.308 e. The van der Waals surface area contributed by atoms with Crippen LogP contribution in [0, 0.1) is 0 Å². The highest BCUT2D eigenvalue weighted by Gasteiger charge is 2.08. The normalized spacial score (nSPS) is 11.4. The van der Waals surface area contributed by atoms with Crippen LogP contribution in [0.5, 0.6) is 0 Å². The Kier molecular flexibility index (Phi) is 2.93. The van der Waals surface area contributed by atoms with E-state index in [0.717, 1.165) is 0 Å². The van der Waals surface area contributed by atoms with Crippen LogP contribution in [0.1, 0.15) is 0 Å². The van der Waals surface area contributed by atoms with Crippen molar-refractivity contribution in [2.45, 2.75) is 6.54 Å². The van der Waals surface area contributed by atoms with Crippen LogP contribution in [0.4, 0.5) is 0 Å². The van der Waals surface area contributed by atoms with Gasteiger partial charge in [-0.1, -0.05) is 0 Å². The third kappa shape index (κ3) is 1.94. The fraction of sp³-hybridized carbons (Fsp3) is 0.400. The van der Waals surface area contributed by atoms with E-state index in [-0.39, 0.29) is 11.2 Å². The highest BCUT2D eigenvalue weighted by Crippen LogP contribution is 2.11. The second-order valence-corrected chi connectivity index (χ2v) is 4.77. The maximum atomic E-state index is 12.0. The Balaban J connectivity index is 2.52. The monoisotopic (exact) mass is 239 g/mol. The maximum Gasteiger partial charge on any atom is 0.328 e. The zero-order chi connectivity index (χ0) is 11.7. The van der Waals surface area contributed by atoms with E-state index in [1.165, 1.54) is 15.9 Å². The van der Waals surface area contributed by atoms with Crippen molar-refractivity contribution in [1.82, 2.24) is 14.5 Å². The number of likely N-dealkylation sites (N-methyl/N-ethyl adjacent to an activating group) is 1. The van der Waals surface area contributed by atoms with E-state index in [4.69, 9.17) is 0 Å². The molecule has 0 fully saturated rings. The Morgan fingerprint density at radius 3 is 2.88 bits per heavy atom. The summed E-state index contributed by atoms with van der Waals surface area (Å²) in [5.74, 6) is 0. The first-order valence-corrected chi connectivity index (χ1v) is 5.82. The predicted molar refractivity (Wildman–Crippen MR) is 65.3 cm³/mol. The third-order valence-electron chi connectivity index (χ3n) is 2.36. The molecule has 1 N–H and O–H groups in total. The van der Waals surface area contributed by atoms with Crippen LogP contribution < -0.4 is 11.2 Å². The second-order valence-electron chi connectivity index (χ2n) is 3.85. The number of nitrogens with zero attached hydrogens (tertiary/aromatic N) is 2. The summed E-state index contributed by atoms with van der Waals surface area (Å²) in [6.07, 6.45) is 0. The van der Waals surface area contributed by atoms with Gasteiger partial charge in [0.1, 0.15) is 4.70 Å². The molecule has 0 aromatic carbocycles. The van der Waals surface area contributed by atoms with E-state index >= 15 is 0 Å². The quantitative estimate of drug-likeness (QED) is 0.839. The Hall–Kier alpha value is -1.40. The first kappa shape index (κ1) is 11.1. The number of aromatic amines is 1. The molecule has 0 radical (unpaired) electrons. The number of fused-ring (bicyclic) bond motifs is 1. The van der Waals surface area contributed by atoms with Crippen molar-refractivity contribution in [2.75, 3.05) is 20.6 Å². The summed E-state index contributed by atoms with van der Waals surface area (Å²) in [4.78, 5) is 28.3. The molecule has 0 aliphatic carbocycles. The topological polar surface area (TPSA) is 58.1 Å². The van der Waals surface area contributed by atoms with E-state index < -0.39 is 0 Å². The lowest BCUT2D eigenvalue weighted by atomic mass is 10.4. The van der Waals surface area contributed by atoms with Gasteiger partial charge in [-0.2, -0.15) is 0 Å². The van der Waals surface area contributed by atoms with Crippen molar-refractivity contribution in [3.8, 4) is 0 Å². The van der Waals surface area contributed by atoms with E-state index in [0.29, 0.717) is 23.3 Å². The lowest BCUT2D eigenvalue weighted by Gasteiger charge is -2.10. The number of nitrogens with one attached hydrogen (secondary N) is 1. The van der Waals surface area contributed by atoms with Gasteiger partial charge in [0.15, 0.2) is 0 Å². The van der Waals surface area contributed by atoms with E-state index in [1.54, 1.807) is 11.4 Å². The van der Waals surface area contributed by atoms with Gasteiger partial charge in [0.2, 0.25) is 0 Å². The van der Waals surface area contributed by atoms with Crippen molar-refractivity contribution in [3.63, 3.8) is 0 Å². The van der Waals surface area contributed by atoms with Crippen molar-refractivity contribution < 1.29 is 0 Å². The van der Waals surface area contributed by atoms with E-state index in [2.05, 4.69) is 4.98 Å². The molecule has 0 atom stereocenters. The Labute approximate surface area is 95.9 Å². The molecule has 0 amide bonds. The molecule has 0 unspecified atom stereocenters. The van der Waals surface area contributed by atoms with Gasteiger partial charge in [-0.3, -0.25) is 9.36 Å². The first-order chi connectivity index (χ1) is 7.59. The molecule has 2 heterocycles. The SMILES string of the molecule is CN(C)CCn1c(=O)[nH]c2ccsc2c1=O. The summed E-state index contributed by atoms with van der Waals surface area (Å²) >= 11 is 1.35. The average molecular weight is 239 g/mol. The summed E-state index contributed by atoms with van der Waals surface area (Å²) in [7, 11) is 3.81. The lowest BCUT2D eigenvalue weighted by molar-refractivity contribution is 0.377. The number of aromatic nitrogens is 2. The zero-order valence-corrected chi connectivity index (χ0v) is 10.0. The van der Waals surface area contributed by atoms with Gasteiger partial charge in [-0.05, 0) is 25.5 Å². The van der Waals surface area contributed by atoms with Gasteiger partial charge >= 0.3 is 5.69 Å². The van der Waals surface area contributed by atoms with Gasteiger partial charge < -0.3 is 9.88 Å². The largest absolute Gasteiger partial charge is 0.328 e. The number of hydrogen-bond acceptors (Lipinski definition) is 4. The van der Waals surface area contributed by atoms with Crippen molar-refractivity contribution in [2.24, 2.45) is 0 Å². The molecule has 0 saturated carbocycles. The smallest absolute Gasteiger partial charge is 0.308 e. The van der Waals surface area contributed by atoms with Crippen LogP contribution in [0.25, 0.3) is 10.2 Å². The molecule has 0 saturated heterocycles. The summed E-state index contributed by atoms with van der Waals surface area (Å²) < 4.78 is 1.86. The summed E-state index contributed by atoms with van der Waals surface area (Å²) in [5, 5.41) is 1.80. The highest BCUT2D eigenvalue weighted by atomic mass is 32.1. The van der Waals surface area contributed by atoms with Gasteiger partial charge in [0, 0.05) is 13.1 Å². The van der Waals surface area contributed by atoms with Crippen LogP contribution in [0.3, 0.4) is 0 Å². The molecular weight excluding hydrogens is 226 g/mol. The van der Waals surface area contributed by atoms with Gasteiger partial charge in [0.25, 0.3) is 5.56 Å². The molecule has 2 aromatic rings. The average Bonchev–Trinajstić information content (AvgIpc) is 2.64. The van der Waals surface area contributed by atoms with Gasteiger partial charge in [0.05, 0.1) is 5.52 Å². The molecular formula is C10H13N3O2S. The highest BCUT2D eigenvalue weighted by molar-refractivity contribution is 7.17.